The molecule has 1 heterocycles. The number of anilines is 1. The van der Waals surface area contributed by atoms with Crippen LogP contribution in [0.4, 0.5) is 5.69 Å². The molecule has 0 aromatic heterocycles. The number of sulfonamides is 1. The van der Waals surface area contributed by atoms with Crippen molar-refractivity contribution in [3.8, 4) is 0 Å². The van der Waals surface area contributed by atoms with Crippen LogP contribution in [-0.4, -0.2) is 14.3 Å². The van der Waals surface area contributed by atoms with Gasteiger partial charge in [-0.05, 0) is 30.3 Å². The van der Waals surface area contributed by atoms with Crippen LogP contribution in [0.1, 0.15) is 10.4 Å². The number of hydrogen-bond acceptors (Lipinski definition) is 3. The molecule has 0 atom stereocenters. The fourth-order valence-electron chi connectivity index (χ4n) is 2.02. The van der Waals surface area contributed by atoms with Crippen molar-refractivity contribution in [3.05, 3.63) is 58.6 Å². The molecule has 4 nitrogen and oxygen atoms in total. The van der Waals surface area contributed by atoms with Crippen LogP contribution in [-0.2, 0) is 10.0 Å². The highest BCUT2D eigenvalue weighted by Crippen LogP contribution is 2.35. The number of para-hydroxylation sites is 1. The molecule has 0 spiro atoms. The monoisotopic (exact) mass is 337 g/mol. The van der Waals surface area contributed by atoms with Crippen molar-refractivity contribution in [1.29, 1.82) is 0 Å². The van der Waals surface area contributed by atoms with Crippen molar-refractivity contribution < 1.29 is 13.2 Å². The maximum atomic E-state index is 12.4. The standard InChI is InChI=1S/C13H8BrNO3S/c14-9-6-7-11-12(8-9)19(17,18)15(13(11)16)10-4-2-1-3-5-10/h1-8H. The van der Waals surface area contributed by atoms with E-state index in [1.54, 1.807) is 36.4 Å². The van der Waals surface area contributed by atoms with Crippen LogP contribution in [0.2, 0.25) is 0 Å². The van der Waals surface area contributed by atoms with Crippen LogP contribution < -0.4 is 4.31 Å². The van der Waals surface area contributed by atoms with E-state index in [1.165, 1.54) is 12.1 Å². The second-order valence-electron chi connectivity index (χ2n) is 4.05. The van der Waals surface area contributed by atoms with Gasteiger partial charge < -0.3 is 0 Å². The van der Waals surface area contributed by atoms with Crippen molar-refractivity contribution in [1.82, 2.24) is 0 Å². The third-order valence-electron chi connectivity index (χ3n) is 2.87. The Bertz CT molecular complexity index is 772. The van der Waals surface area contributed by atoms with Gasteiger partial charge in [-0.1, -0.05) is 34.1 Å². The number of halogens is 1. The average Bonchev–Trinajstić information content (AvgIpc) is 2.58. The molecule has 0 fully saturated rings. The summed E-state index contributed by atoms with van der Waals surface area (Å²) in [6.45, 7) is 0. The zero-order chi connectivity index (χ0) is 13.6. The van der Waals surface area contributed by atoms with Gasteiger partial charge in [-0.3, -0.25) is 4.79 Å². The number of rotatable bonds is 1. The topological polar surface area (TPSA) is 54.5 Å². The van der Waals surface area contributed by atoms with Crippen LogP contribution in [0, 0.1) is 0 Å². The Morgan fingerprint density at radius 2 is 1.68 bits per heavy atom. The lowest BCUT2D eigenvalue weighted by atomic mass is 10.2. The minimum atomic E-state index is -3.82. The van der Waals surface area contributed by atoms with Gasteiger partial charge in [0.1, 0.15) is 4.90 Å². The molecule has 0 bridgehead atoms. The maximum absolute atomic E-state index is 12.4. The van der Waals surface area contributed by atoms with Gasteiger partial charge in [0, 0.05) is 4.47 Å². The van der Waals surface area contributed by atoms with Crippen molar-refractivity contribution >= 4 is 37.5 Å². The number of nitrogens with zero attached hydrogens (tertiary/aromatic N) is 1. The number of amides is 1. The molecule has 0 N–H and O–H groups in total. The van der Waals surface area contributed by atoms with E-state index in [2.05, 4.69) is 15.9 Å². The first-order valence-corrected chi connectivity index (χ1v) is 7.69. The summed E-state index contributed by atoms with van der Waals surface area (Å²) in [5.41, 5.74) is 0.548. The molecule has 0 saturated carbocycles. The molecule has 2 aromatic carbocycles. The fraction of sp³-hybridized carbons (Fsp3) is 0. The fourth-order valence-corrected chi connectivity index (χ4v) is 4.16. The van der Waals surface area contributed by atoms with Crippen molar-refractivity contribution in [2.75, 3.05) is 4.31 Å². The van der Waals surface area contributed by atoms with E-state index in [0.717, 1.165) is 4.31 Å². The second kappa shape index (κ2) is 4.18. The summed E-state index contributed by atoms with van der Waals surface area (Å²) in [5, 5.41) is 0. The molecular formula is C13H8BrNO3S. The van der Waals surface area contributed by atoms with E-state index < -0.39 is 15.9 Å². The number of benzene rings is 2. The first kappa shape index (κ1) is 12.4. The Labute approximate surface area is 118 Å². The lowest BCUT2D eigenvalue weighted by molar-refractivity contribution is 0.101. The summed E-state index contributed by atoms with van der Waals surface area (Å²) >= 11 is 3.22. The first-order chi connectivity index (χ1) is 9.01. The lowest BCUT2D eigenvalue weighted by Crippen LogP contribution is -2.29. The zero-order valence-electron chi connectivity index (χ0n) is 9.58. The quantitative estimate of drug-likeness (QED) is 0.803. The average molecular weight is 338 g/mol. The van der Waals surface area contributed by atoms with Gasteiger partial charge in [-0.2, -0.15) is 4.31 Å². The minimum absolute atomic E-state index is 0.0377. The molecule has 0 aliphatic carbocycles. The van der Waals surface area contributed by atoms with Gasteiger partial charge in [-0.25, -0.2) is 8.42 Å². The number of fused-ring (bicyclic) bond motifs is 1. The van der Waals surface area contributed by atoms with E-state index in [1.807, 2.05) is 0 Å². The third kappa shape index (κ3) is 1.79. The van der Waals surface area contributed by atoms with Crippen LogP contribution in [0.5, 0.6) is 0 Å². The summed E-state index contributed by atoms with van der Waals surface area (Å²) in [4.78, 5) is 12.3. The van der Waals surface area contributed by atoms with Gasteiger partial charge in [0.05, 0.1) is 11.3 Å². The Morgan fingerprint density at radius 1 is 1.00 bits per heavy atom. The molecule has 0 radical (unpaired) electrons. The molecule has 6 heteroatoms. The predicted octanol–water partition coefficient (Wildman–Crippen LogP) is 2.80. The van der Waals surface area contributed by atoms with E-state index in [9.17, 15) is 13.2 Å². The van der Waals surface area contributed by atoms with Crippen LogP contribution in [0.15, 0.2) is 57.9 Å². The lowest BCUT2D eigenvalue weighted by Gasteiger charge is -2.14. The van der Waals surface area contributed by atoms with Crippen molar-refractivity contribution in [3.63, 3.8) is 0 Å². The molecule has 96 valence electrons. The van der Waals surface area contributed by atoms with Crippen molar-refractivity contribution in [2.45, 2.75) is 4.90 Å². The Kier molecular flexibility index (Phi) is 2.72. The summed E-state index contributed by atoms with van der Waals surface area (Å²) in [5.74, 6) is -0.520. The largest absolute Gasteiger partial charge is 0.273 e. The van der Waals surface area contributed by atoms with Gasteiger partial charge in [-0.15, -0.1) is 0 Å². The summed E-state index contributed by atoms with van der Waals surface area (Å²) in [6, 6.07) is 13.0. The molecule has 1 aliphatic heterocycles. The van der Waals surface area contributed by atoms with Gasteiger partial charge >= 0.3 is 0 Å². The maximum Gasteiger partial charge on any atom is 0.273 e. The summed E-state index contributed by atoms with van der Waals surface area (Å²) in [7, 11) is -3.82. The van der Waals surface area contributed by atoms with E-state index in [4.69, 9.17) is 0 Å². The zero-order valence-corrected chi connectivity index (χ0v) is 12.0. The number of carbonyl (C=O) groups is 1. The molecular weight excluding hydrogens is 330 g/mol. The number of carbonyl (C=O) groups excluding carboxylic acids is 1. The predicted molar refractivity (Wildman–Crippen MR) is 74.6 cm³/mol. The number of hydrogen-bond donors (Lipinski definition) is 0. The first-order valence-electron chi connectivity index (χ1n) is 5.46. The summed E-state index contributed by atoms with van der Waals surface area (Å²) in [6.07, 6.45) is 0. The van der Waals surface area contributed by atoms with Crippen molar-refractivity contribution in [2.24, 2.45) is 0 Å². The van der Waals surface area contributed by atoms with Gasteiger partial charge in [0.2, 0.25) is 0 Å². The third-order valence-corrected chi connectivity index (χ3v) is 5.11. The normalized spacial score (nSPS) is 16.5. The molecule has 3 rings (SSSR count). The highest BCUT2D eigenvalue weighted by molar-refractivity contribution is 9.10. The molecule has 1 amide bonds. The van der Waals surface area contributed by atoms with Gasteiger partial charge in [0.25, 0.3) is 15.9 Å². The second-order valence-corrected chi connectivity index (χ2v) is 6.72. The molecule has 1 aliphatic rings. The molecule has 2 aromatic rings. The molecule has 0 unspecified atom stereocenters. The van der Waals surface area contributed by atoms with Crippen LogP contribution in [0.25, 0.3) is 0 Å². The van der Waals surface area contributed by atoms with E-state index >= 15 is 0 Å². The van der Waals surface area contributed by atoms with Gasteiger partial charge in [0.15, 0.2) is 0 Å². The summed E-state index contributed by atoms with van der Waals surface area (Å²) < 4.78 is 26.3. The molecule has 0 saturated heterocycles. The Balaban J connectivity index is 2.25. The SMILES string of the molecule is O=C1c2ccc(Br)cc2S(=O)(=O)N1c1ccccc1. The Morgan fingerprint density at radius 3 is 2.37 bits per heavy atom. The smallest absolute Gasteiger partial charge is 0.268 e. The highest BCUT2D eigenvalue weighted by Gasteiger charge is 2.42. The van der Waals surface area contributed by atoms with Crippen LogP contribution in [0.3, 0.4) is 0 Å². The Hall–Kier alpha value is -1.66. The minimum Gasteiger partial charge on any atom is -0.268 e. The molecule has 19 heavy (non-hydrogen) atoms. The highest BCUT2D eigenvalue weighted by atomic mass is 79.9. The van der Waals surface area contributed by atoms with E-state index in [-0.39, 0.29) is 10.5 Å². The van der Waals surface area contributed by atoms with Crippen LogP contribution >= 0.6 is 15.9 Å². The van der Waals surface area contributed by atoms with E-state index in [0.29, 0.717) is 10.2 Å².